The summed E-state index contributed by atoms with van der Waals surface area (Å²) in [5.41, 5.74) is 5.73. The van der Waals surface area contributed by atoms with Crippen molar-refractivity contribution in [1.82, 2.24) is 0 Å². The Bertz CT molecular complexity index is 560. The summed E-state index contributed by atoms with van der Waals surface area (Å²) in [6, 6.07) is 11.2. The number of aromatic hydroxyl groups is 1. The van der Waals surface area contributed by atoms with Crippen LogP contribution in [0.4, 0.5) is 5.69 Å². The zero-order chi connectivity index (χ0) is 13.1. The maximum atomic E-state index is 9.21. The van der Waals surface area contributed by atoms with Gasteiger partial charge in [-0.3, -0.25) is 4.99 Å². The first-order valence-corrected chi connectivity index (χ1v) is 5.97. The van der Waals surface area contributed by atoms with Gasteiger partial charge in [-0.25, -0.2) is 0 Å². The summed E-state index contributed by atoms with van der Waals surface area (Å²) in [4.78, 5) is 4.43. The van der Waals surface area contributed by atoms with Crippen LogP contribution in [0.5, 0.6) is 5.75 Å². The van der Waals surface area contributed by atoms with E-state index in [1.54, 1.807) is 24.3 Å². The third-order valence-electron chi connectivity index (χ3n) is 2.93. The summed E-state index contributed by atoms with van der Waals surface area (Å²) in [6.07, 6.45) is 1.89. The smallest absolute Gasteiger partial charge is 0.115 e. The second-order valence-electron chi connectivity index (χ2n) is 4.59. The molecular formula is C16H17NO. The maximum absolute atomic E-state index is 9.21. The van der Waals surface area contributed by atoms with Crippen molar-refractivity contribution < 1.29 is 5.11 Å². The van der Waals surface area contributed by atoms with Gasteiger partial charge in [-0.05, 0) is 61.7 Å². The van der Waals surface area contributed by atoms with Crippen molar-refractivity contribution in [3.63, 3.8) is 0 Å². The highest BCUT2D eigenvalue weighted by molar-refractivity contribution is 5.85. The zero-order valence-electron chi connectivity index (χ0n) is 10.9. The lowest BCUT2D eigenvalue weighted by Gasteiger charge is -2.06. The third kappa shape index (κ3) is 2.77. The Morgan fingerprint density at radius 3 is 2.06 bits per heavy atom. The Kier molecular flexibility index (Phi) is 3.47. The van der Waals surface area contributed by atoms with Gasteiger partial charge in [-0.15, -0.1) is 0 Å². The number of benzene rings is 2. The zero-order valence-corrected chi connectivity index (χ0v) is 10.9. The number of nitrogens with zero attached hydrogens (tertiary/aromatic N) is 1. The fourth-order valence-electron chi connectivity index (χ4n) is 2.07. The minimum atomic E-state index is 0.261. The summed E-state index contributed by atoms with van der Waals surface area (Å²) in [5.74, 6) is 0.261. The average Bonchev–Trinajstić information content (AvgIpc) is 2.30. The second kappa shape index (κ2) is 5.05. The van der Waals surface area contributed by atoms with E-state index in [4.69, 9.17) is 0 Å². The molecule has 2 heteroatoms. The van der Waals surface area contributed by atoms with Crippen LogP contribution in [0.25, 0.3) is 0 Å². The lowest BCUT2D eigenvalue weighted by atomic mass is 10.0. The number of hydrogen-bond acceptors (Lipinski definition) is 2. The van der Waals surface area contributed by atoms with Crippen LogP contribution < -0.4 is 0 Å². The Morgan fingerprint density at radius 1 is 0.944 bits per heavy atom. The molecule has 2 aromatic rings. The molecule has 0 saturated carbocycles. The van der Waals surface area contributed by atoms with E-state index in [0.717, 1.165) is 11.3 Å². The first kappa shape index (κ1) is 12.4. The Hall–Kier alpha value is -2.09. The van der Waals surface area contributed by atoms with Crippen LogP contribution in [0.3, 0.4) is 0 Å². The molecule has 1 N–H and O–H groups in total. The molecule has 0 radical (unpaired) electrons. The molecular weight excluding hydrogens is 222 g/mol. The first-order chi connectivity index (χ1) is 8.56. The summed E-state index contributed by atoms with van der Waals surface area (Å²) < 4.78 is 0. The van der Waals surface area contributed by atoms with Crippen molar-refractivity contribution in [3.05, 3.63) is 58.7 Å². The van der Waals surface area contributed by atoms with E-state index in [9.17, 15) is 5.11 Å². The summed E-state index contributed by atoms with van der Waals surface area (Å²) in [5, 5.41) is 9.21. The van der Waals surface area contributed by atoms with Gasteiger partial charge in [0.15, 0.2) is 0 Å². The number of aryl methyl sites for hydroxylation is 3. The van der Waals surface area contributed by atoms with Crippen molar-refractivity contribution in [2.45, 2.75) is 20.8 Å². The molecule has 0 aromatic heterocycles. The molecule has 0 atom stereocenters. The quantitative estimate of drug-likeness (QED) is 0.787. The molecule has 18 heavy (non-hydrogen) atoms. The number of aliphatic imine (C=N–C) groups is 1. The molecule has 0 bridgehead atoms. The molecule has 2 rings (SSSR count). The molecule has 0 unspecified atom stereocenters. The normalized spacial score (nSPS) is 11.1. The average molecular weight is 239 g/mol. The van der Waals surface area contributed by atoms with Crippen LogP contribution in [0.1, 0.15) is 22.3 Å². The molecule has 0 saturated heterocycles. The minimum absolute atomic E-state index is 0.261. The van der Waals surface area contributed by atoms with E-state index < -0.39 is 0 Å². The number of phenolic OH excluding ortho intramolecular Hbond substituents is 1. The molecule has 0 aliphatic heterocycles. The van der Waals surface area contributed by atoms with Crippen LogP contribution in [-0.4, -0.2) is 11.3 Å². The second-order valence-corrected chi connectivity index (χ2v) is 4.59. The van der Waals surface area contributed by atoms with Crippen LogP contribution in [0.2, 0.25) is 0 Å². The fraction of sp³-hybridized carbons (Fsp3) is 0.188. The Morgan fingerprint density at radius 2 is 1.50 bits per heavy atom. The SMILES string of the molecule is Cc1cc(C)c(C=Nc2ccc(O)cc2)c(C)c1. The fourth-order valence-corrected chi connectivity index (χ4v) is 2.07. The largest absolute Gasteiger partial charge is 0.508 e. The highest BCUT2D eigenvalue weighted by Gasteiger charge is 2.00. The summed E-state index contributed by atoms with van der Waals surface area (Å²) in [7, 11) is 0. The van der Waals surface area contributed by atoms with Crippen molar-refractivity contribution in [3.8, 4) is 5.75 Å². The molecule has 2 nitrogen and oxygen atoms in total. The molecule has 0 fully saturated rings. The van der Waals surface area contributed by atoms with Crippen LogP contribution in [0.15, 0.2) is 41.4 Å². The van der Waals surface area contributed by atoms with E-state index in [-0.39, 0.29) is 5.75 Å². The van der Waals surface area contributed by atoms with Crippen LogP contribution >= 0.6 is 0 Å². The highest BCUT2D eigenvalue weighted by Crippen LogP contribution is 2.18. The van der Waals surface area contributed by atoms with Crippen molar-refractivity contribution in [2.24, 2.45) is 4.99 Å². The lowest BCUT2D eigenvalue weighted by molar-refractivity contribution is 0.475. The van der Waals surface area contributed by atoms with Gasteiger partial charge in [0, 0.05) is 6.21 Å². The molecule has 0 amide bonds. The van der Waals surface area contributed by atoms with Gasteiger partial charge >= 0.3 is 0 Å². The summed E-state index contributed by atoms with van der Waals surface area (Å²) >= 11 is 0. The van der Waals surface area contributed by atoms with Gasteiger partial charge in [-0.2, -0.15) is 0 Å². The van der Waals surface area contributed by atoms with E-state index in [1.807, 2.05) is 6.21 Å². The predicted molar refractivity (Wildman–Crippen MR) is 76.0 cm³/mol. The van der Waals surface area contributed by atoms with Crippen molar-refractivity contribution in [2.75, 3.05) is 0 Å². The van der Waals surface area contributed by atoms with Crippen LogP contribution in [0, 0.1) is 20.8 Å². The first-order valence-electron chi connectivity index (χ1n) is 5.97. The monoisotopic (exact) mass is 239 g/mol. The van der Waals surface area contributed by atoms with E-state index in [0.29, 0.717) is 0 Å². The summed E-state index contributed by atoms with van der Waals surface area (Å²) in [6.45, 7) is 6.29. The highest BCUT2D eigenvalue weighted by atomic mass is 16.3. The molecule has 2 aromatic carbocycles. The predicted octanol–water partition coefficient (Wildman–Crippen LogP) is 4.07. The van der Waals surface area contributed by atoms with E-state index >= 15 is 0 Å². The maximum Gasteiger partial charge on any atom is 0.115 e. The van der Waals surface area contributed by atoms with Gasteiger partial charge in [0.25, 0.3) is 0 Å². The van der Waals surface area contributed by atoms with Gasteiger partial charge < -0.3 is 5.11 Å². The topological polar surface area (TPSA) is 32.6 Å². The van der Waals surface area contributed by atoms with Crippen LogP contribution in [-0.2, 0) is 0 Å². The van der Waals surface area contributed by atoms with Crippen molar-refractivity contribution in [1.29, 1.82) is 0 Å². The molecule has 0 heterocycles. The number of rotatable bonds is 2. The lowest BCUT2D eigenvalue weighted by Crippen LogP contribution is -1.93. The molecule has 0 spiro atoms. The minimum Gasteiger partial charge on any atom is -0.508 e. The molecule has 0 aliphatic rings. The number of hydrogen-bond donors (Lipinski definition) is 1. The van der Waals surface area contributed by atoms with Crippen molar-refractivity contribution >= 4 is 11.9 Å². The number of phenols is 1. The Balaban J connectivity index is 2.31. The van der Waals surface area contributed by atoms with E-state index in [2.05, 4.69) is 37.9 Å². The van der Waals surface area contributed by atoms with E-state index in [1.165, 1.54) is 16.7 Å². The third-order valence-corrected chi connectivity index (χ3v) is 2.93. The van der Waals surface area contributed by atoms with Gasteiger partial charge in [0.1, 0.15) is 5.75 Å². The van der Waals surface area contributed by atoms with Gasteiger partial charge in [0.2, 0.25) is 0 Å². The molecule has 0 aliphatic carbocycles. The van der Waals surface area contributed by atoms with Gasteiger partial charge in [0.05, 0.1) is 5.69 Å². The molecule has 92 valence electrons. The van der Waals surface area contributed by atoms with Gasteiger partial charge in [-0.1, -0.05) is 17.7 Å². The Labute approximate surface area is 108 Å². The standard InChI is InChI=1S/C16H17NO/c1-11-8-12(2)16(13(3)9-11)10-17-14-4-6-15(18)7-5-14/h4-10,18H,1-3H3.